The highest BCUT2D eigenvalue weighted by Gasteiger charge is 2.30. The third-order valence-electron chi connectivity index (χ3n) is 19.7. The van der Waals surface area contributed by atoms with Crippen LogP contribution in [0.2, 0.25) is 0 Å². The van der Waals surface area contributed by atoms with Gasteiger partial charge in [0.1, 0.15) is 19.3 Å². The van der Waals surface area contributed by atoms with Gasteiger partial charge < -0.3 is 33.8 Å². The van der Waals surface area contributed by atoms with Crippen molar-refractivity contribution in [2.45, 2.75) is 452 Å². The number of ether oxygens (including phenoxy) is 4. The van der Waals surface area contributed by atoms with Crippen LogP contribution in [0, 0.1) is 17.8 Å². The fourth-order valence-corrected chi connectivity index (χ4v) is 14.4. The first-order chi connectivity index (χ1) is 49.3. The van der Waals surface area contributed by atoms with Crippen LogP contribution in [0.5, 0.6) is 0 Å². The number of unbranched alkanes of at least 4 members (excludes halogenated alkanes) is 48. The van der Waals surface area contributed by atoms with Crippen molar-refractivity contribution in [1.29, 1.82) is 0 Å². The quantitative estimate of drug-likeness (QED) is 0.0222. The van der Waals surface area contributed by atoms with Gasteiger partial charge >= 0.3 is 39.5 Å². The lowest BCUT2D eigenvalue weighted by molar-refractivity contribution is -0.161. The Kier molecular flexibility index (Phi) is 71.8. The first kappa shape index (κ1) is 100. The van der Waals surface area contributed by atoms with Crippen LogP contribution in [0.4, 0.5) is 0 Å². The molecule has 0 amide bonds. The van der Waals surface area contributed by atoms with E-state index in [1.54, 1.807) is 0 Å². The summed E-state index contributed by atoms with van der Waals surface area (Å²) in [4.78, 5) is 73.0. The lowest BCUT2D eigenvalue weighted by Gasteiger charge is -2.21. The second kappa shape index (κ2) is 73.2. The van der Waals surface area contributed by atoms with E-state index in [9.17, 15) is 43.2 Å². The number of hydrogen-bond donors (Lipinski definition) is 3. The highest BCUT2D eigenvalue weighted by molar-refractivity contribution is 7.47. The average Bonchev–Trinajstić information content (AvgIpc) is 0.911. The van der Waals surface area contributed by atoms with Crippen LogP contribution >= 0.6 is 15.6 Å². The third kappa shape index (κ3) is 74.9. The van der Waals surface area contributed by atoms with E-state index in [0.29, 0.717) is 25.7 Å². The predicted molar refractivity (Wildman–Crippen MR) is 418 cm³/mol. The van der Waals surface area contributed by atoms with Crippen LogP contribution in [-0.2, 0) is 65.4 Å². The number of phosphoric ester groups is 2. The van der Waals surface area contributed by atoms with Crippen LogP contribution in [-0.4, -0.2) is 96.7 Å². The summed E-state index contributed by atoms with van der Waals surface area (Å²) >= 11 is 0. The van der Waals surface area contributed by atoms with Gasteiger partial charge in [0, 0.05) is 25.7 Å². The van der Waals surface area contributed by atoms with Crippen LogP contribution in [0.1, 0.15) is 434 Å². The number of aliphatic hydroxyl groups is 1. The molecular weight excluding hydrogens is 1330 g/mol. The van der Waals surface area contributed by atoms with Crippen molar-refractivity contribution in [2.24, 2.45) is 17.8 Å². The number of aliphatic hydroxyl groups excluding tert-OH is 1. The molecule has 17 nitrogen and oxygen atoms in total. The normalized spacial score (nSPS) is 14.2. The number of carbonyl (C=O) groups is 4. The van der Waals surface area contributed by atoms with Gasteiger partial charge in [0.25, 0.3) is 0 Å². The molecule has 0 aliphatic carbocycles. The first-order valence-corrected chi connectivity index (χ1v) is 45.9. The summed E-state index contributed by atoms with van der Waals surface area (Å²) in [6.45, 7) is 12.0. The molecule has 0 aliphatic rings. The van der Waals surface area contributed by atoms with Crippen molar-refractivity contribution in [1.82, 2.24) is 0 Å². The molecule has 102 heavy (non-hydrogen) atoms. The molecule has 0 fully saturated rings. The van der Waals surface area contributed by atoms with E-state index in [0.717, 1.165) is 108 Å². The summed E-state index contributed by atoms with van der Waals surface area (Å²) in [6, 6.07) is 0. The lowest BCUT2D eigenvalue weighted by Crippen LogP contribution is -2.30. The van der Waals surface area contributed by atoms with Crippen molar-refractivity contribution in [3.63, 3.8) is 0 Å². The summed E-state index contributed by atoms with van der Waals surface area (Å²) in [5.74, 6) is 0.326. The van der Waals surface area contributed by atoms with Crippen molar-refractivity contribution in [2.75, 3.05) is 39.6 Å². The van der Waals surface area contributed by atoms with Gasteiger partial charge in [-0.2, -0.15) is 0 Å². The maximum Gasteiger partial charge on any atom is 0.472 e. The summed E-state index contributed by atoms with van der Waals surface area (Å²) < 4.78 is 68.7. The zero-order valence-electron chi connectivity index (χ0n) is 67.1. The van der Waals surface area contributed by atoms with E-state index in [1.165, 1.54) is 244 Å². The molecule has 0 aromatic heterocycles. The first-order valence-electron chi connectivity index (χ1n) is 42.9. The molecule has 19 heteroatoms. The second-order valence-electron chi connectivity index (χ2n) is 31.1. The highest BCUT2D eigenvalue weighted by atomic mass is 31.2. The Morgan fingerprint density at radius 3 is 0.745 bits per heavy atom. The van der Waals surface area contributed by atoms with Gasteiger partial charge in [-0.15, -0.1) is 0 Å². The van der Waals surface area contributed by atoms with Crippen molar-refractivity contribution < 1.29 is 80.2 Å². The topological polar surface area (TPSA) is 237 Å². The predicted octanol–water partition coefficient (Wildman–Crippen LogP) is 24.9. The Hall–Kier alpha value is -1.94. The van der Waals surface area contributed by atoms with Gasteiger partial charge in [0.05, 0.1) is 26.4 Å². The highest BCUT2D eigenvalue weighted by Crippen LogP contribution is 2.45. The fraction of sp³-hybridized carbons (Fsp3) is 0.952. The Bertz CT molecular complexity index is 1980. The largest absolute Gasteiger partial charge is 0.472 e. The van der Waals surface area contributed by atoms with Gasteiger partial charge in [-0.25, -0.2) is 9.13 Å². The van der Waals surface area contributed by atoms with Crippen molar-refractivity contribution in [3.8, 4) is 0 Å². The van der Waals surface area contributed by atoms with Gasteiger partial charge in [0.2, 0.25) is 0 Å². The minimum absolute atomic E-state index is 0.106. The standard InChI is InChI=1S/C83H162O17P2/c1-8-10-11-12-13-33-43-50-57-64-80(85)93-70-78(99-83(88)67-60-53-46-39-32-26-28-35-41-48-55-62-75(5)6)72-97-101(89,90)95-68-77(84)69-96-102(91,92)98-73-79(71-94-81(86)65-58-51-44-37-30-24-21-20-23-29-36-42-49-56-63-76(7)9-2)100-82(87)66-59-52-45-38-31-25-19-17-15-14-16-18-22-27-34-40-47-54-61-74(3)4/h74-79,84H,8-73H2,1-7H3,(H,89,90)(H,91,92)/t76?,77-,78+,79+/m0/s1. The second-order valence-corrected chi connectivity index (χ2v) is 34.0. The Labute approximate surface area is 626 Å². The Morgan fingerprint density at radius 2 is 0.500 bits per heavy atom. The molecule has 0 aromatic carbocycles. The third-order valence-corrected chi connectivity index (χ3v) is 21.6. The van der Waals surface area contributed by atoms with E-state index >= 15 is 0 Å². The number of carbonyl (C=O) groups excluding carboxylic acids is 4. The van der Waals surface area contributed by atoms with Gasteiger partial charge in [-0.05, 0) is 43.4 Å². The molecule has 6 atom stereocenters. The average molecular weight is 1490 g/mol. The molecule has 3 N–H and O–H groups in total. The van der Waals surface area contributed by atoms with E-state index in [-0.39, 0.29) is 25.7 Å². The molecule has 0 aliphatic heterocycles. The molecule has 0 aromatic rings. The number of phosphoric acid groups is 2. The smallest absolute Gasteiger partial charge is 0.462 e. The summed E-state index contributed by atoms with van der Waals surface area (Å²) in [6.07, 6.45) is 62.4. The van der Waals surface area contributed by atoms with Crippen LogP contribution in [0.3, 0.4) is 0 Å². The maximum atomic E-state index is 13.1. The van der Waals surface area contributed by atoms with Crippen LogP contribution < -0.4 is 0 Å². The molecule has 0 heterocycles. The van der Waals surface area contributed by atoms with E-state index < -0.39 is 97.5 Å². The molecule has 3 unspecified atom stereocenters. The summed E-state index contributed by atoms with van der Waals surface area (Å²) in [5.41, 5.74) is 0. The Balaban J connectivity index is 5.21. The minimum Gasteiger partial charge on any atom is -0.462 e. The number of esters is 4. The molecule has 0 spiro atoms. The maximum absolute atomic E-state index is 13.1. The molecule has 0 radical (unpaired) electrons. The van der Waals surface area contributed by atoms with Crippen LogP contribution in [0.15, 0.2) is 0 Å². The van der Waals surface area contributed by atoms with E-state index in [4.69, 9.17) is 37.0 Å². The molecule has 0 bridgehead atoms. The zero-order chi connectivity index (χ0) is 75.1. The summed E-state index contributed by atoms with van der Waals surface area (Å²) in [5, 5.41) is 10.6. The molecule has 0 rings (SSSR count). The zero-order valence-corrected chi connectivity index (χ0v) is 68.9. The number of hydrogen-bond acceptors (Lipinski definition) is 15. The van der Waals surface area contributed by atoms with Crippen molar-refractivity contribution >= 4 is 39.5 Å². The number of rotatable bonds is 81. The monoisotopic (exact) mass is 1490 g/mol. The van der Waals surface area contributed by atoms with Gasteiger partial charge in [-0.1, -0.05) is 382 Å². The summed E-state index contributed by atoms with van der Waals surface area (Å²) in [7, 11) is -9.92. The fourth-order valence-electron chi connectivity index (χ4n) is 12.8. The molecular formula is C83H162O17P2. The molecule has 606 valence electrons. The van der Waals surface area contributed by atoms with Crippen LogP contribution in [0.25, 0.3) is 0 Å². The molecule has 0 saturated carbocycles. The van der Waals surface area contributed by atoms with E-state index in [1.807, 2.05) is 0 Å². The van der Waals surface area contributed by atoms with E-state index in [2.05, 4.69) is 48.5 Å². The SMILES string of the molecule is CCCCCCCCCCCC(=O)OC[C@H](COP(=O)(O)OC[C@H](O)COP(=O)(O)OC[C@@H](COC(=O)CCCCCCCCCCCCCCCCC(C)CC)OC(=O)CCCCCCCCCCCCCCCCCCCCC(C)C)OC(=O)CCCCCCCCCCCCCC(C)C. The lowest BCUT2D eigenvalue weighted by atomic mass is 9.99. The van der Waals surface area contributed by atoms with Gasteiger partial charge in [0.15, 0.2) is 12.2 Å². The van der Waals surface area contributed by atoms with Gasteiger partial charge in [-0.3, -0.25) is 37.3 Å². The molecule has 0 saturated heterocycles. The minimum atomic E-state index is -4.96. The van der Waals surface area contributed by atoms with Crippen molar-refractivity contribution in [3.05, 3.63) is 0 Å². The Morgan fingerprint density at radius 1 is 0.284 bits per heavy atom.